The first-order valence-corrected chi connectivity index (χ1v) is 5.50. The van der Waals surface area contributed by atoms with Crippen LogP contribution in [0.2, 0.25) is 0 Å². The maximum absolute atomic E-state index is 11.2. The molecule has 0 bridgehead atoms. The summed E-state index contributed by atoms with van der Waals surface area (Å²) >= 11 is 0. The van der Waals surface area contributed by atoms with E-state index in [4.69, 9.17) is 4.42 Å². The summed E-state index contributed by atoms with van der Waals surface area (Å²) in [5.74, 6) is 0.822. The first-order valence-electron chi connectivity index (χ1n) is 5.50. The van der Waals surface area contributed by atoms with Crippen LogP contribution in [0.3, 0.4) is 0 Å². The zero-order valence-corrected chi connectivity index (χ0v) is 11.3. The van der Waals surface area contributed by atoms with Crippen molar-refractivity contribution >= 4 is 24.5 Å². The number of amides is 4. The van der Waals surface area contributed by atoms with Crippen LogP contribution >= 0.6 is 0 Å². The van der Waals surface area contributed by atoms with Gasteiger partial charge in [0.25, 0.3) is 0 Å². The van der Waals surface area contributed by atoms with Crippen LogP contribution in [-0.2, 0) is 0 Å². The largest absolute Gasteiger partial charge is 0.454 e. The van der Waals surface area contributed by atoms with Crippen LogP contribution in [0.5, 0.6) is 0 Å². The summed E-state index contributed by atoms with van der Waals surface area (Å²) < 4.78 is 5.30. The highest BCUT2D eigenvalue weighted by molar-refractivity contribution is 5.92. The maximum atomic E-state index is 11.2. The van der Waals surface area contributed by atoms with E-state index in [-0.39, 0.29) is 12.1 Å². The lowest BCUT2D eigenvalue weighted by Gasteiger charge is -2.03. The van der Waals surface area contributed by atoms with Crippen molar-refractivity contribution < 1.29 is 14.0 Å². The molecule has 7 nitrogen and oxygen atoms in total. The fourth-order valence-electron chi connectivity index (χ4n) is 0.976. The predicted molar refractivity (Wildman–Crippen MR) is 72.1 cm³/mol. The Kier molecular flexibility index (Phi) is 4.99. The third-order valence-corrected chi connectivity index (χ3v) is 2.02. The lowest BCUT2D eigenvalue weighted by Crippen LogP contribution is -2.17. The van der Waals surface area contributed by atoms with Crippen LogP contribution in [0.1, 0.15) is 11.5 Å². The van der Waals surface area contributed by atoms with E-state index < -0.39 is 0 Å². The molecule has 0 aromatic carbocycles. The molecule has 4 amide bonds. The summed E-state index contributed by atoms with van der Waals surface area (Å²) in [6.07, 6.45) is 2.63. The molecular formula is C12H16N4O3. The SMILES string of the molecule is CN(C)C(=O)/N=C/c1ccc(/C=N/C(=O)N(C)C)o1. The Morgan fingerprint density at radius 2 is 1.32 bits per heavy atom. The third kappa shape index (κ3) is 4.74. The first-order chi connectivity index (χ1) is 8.90. The zero-order chi connectivity index (χ0) is 14.4. The quantitative estimate of drug-likeness (QED) is 0.759. The number of carbonyl (C=O) groups excluding carboxylic acids is 2. The number of furan rings is 1. The number of hydrogen-bond donors (Lipinski definition) is 0. The second kappa shape index (κ2) is 6.48. The minimum Gasteiger partial charge on any atom is -0.454 e. The van der Waals surface area contributed by atoms with Crippen LogP contribution in [-0.4, -0.2) is 62.5 Å². The van der Waals surface area contributed by atoms with E-state index >= 15 is 0 Å². The molecular weight excluding hydrogens is 248 g/mol. The predicted octanol–water partition coefficient (Wildman–Crippen LogP) is 1.48. The van der Waals surface area contributed by atoms with E-state index in [0.717, 1.165) is 0 Å². The van der Waals surface area contributed by atoms with Gasteiger partial charge in [-0.2, -0.15) is 9.98 Å². The normalized spacial score (nSPS) is 11.2. The van der Waals surface area contributed by atoms with E-state index in [2.05, 4.69) is 9.98 Å². The Morgan fingerprint density at radius 3 is 1.63 bits per heavy atom. The molecule has 0 N–H and O–H groups in total. The van der Waals surface area contributed by atoms with Crippen molar-refractivity contribution in [3.8, 4) is 0 Å². The first kappa shape index (κ1) is 14.6. The number of nitrogens with zero attached hydrogens (tertiary/aromatic N) is 4. The van der Waals surface area contributed by atoms with Gasteiger partial charge in [-0.05, 0) is 12.1 Å². The Morgan fingerprint density at radius 1 is 0.947 bits per heavy atom. The van der Waals surface area contributed by atoms with Crippen molar-refractivity contribution in [2.45, 2.75) is 0 Å². The number of rotatable bonds is 2. The highest BCUT2D eigenvalue weighted by Crippen LogP contribution is 2.04. The average Bonchev–Trinajstić information content (AvgIpc) is 2.80. The van der Waals surface area contributed by atoms with Crippen LogP contribution in [0.25, 0.3) is 0 Å². The molecule has 0 radical (unpaired) electrons. The monoisotopic (exact) mass is 264 g/mol. The number of carbonyl (C=O) groups is 2. The number of aliphatic imine (C=N–C) groups is 2. The van der Waals surface area contributed by atoms with E-state index in [9.17, 15) is 9.59 Å². The molecule has 0 unspecified atom stereocenters. The molecule has 7 heteroatoms. The van der Waals surface area contributed by atoms with Gasteiger partial charge in [-0.25, -0.2) is 9.59 Å². The van der Waals surface area contributed by atoms with Gasteiger partial charge in [-0.3, -0.25) is 0 Å². The van der Waals surface area contributed by atoms with Crippen LogP contribution < -0.4 is 0 Å². The topological polar surface area (TPSA) is 78.5 Å². The molecule has 0 aliphatic carbocycles. The van der Waals surface area contributed by atoms with Gasteiger partial charge in [0, 0.05) is 28.2 Å². The molecule has 0 atom stereocenters. The summed E-state index contributed by atoms with van der Waals surface area (Å²) in [6.45, 7) is 0. The Balaban J connectivity index is 2.68. The van der Waals surface area contributed by atoms with Crippen molar-refractivity contribution in [2.75, 3.05) is 28.2 Å². The fourth-order valence-corrected chi connectivity index (χ4v) is 0.976. The Hall–Kier alpha value is -2.44. The molecule has 102 valence electrons. The van der Waals surface area contributed by atoms with E-state index in [1.807, 2.05) is 0 Å². The van der Waals surface area contributed by atoms with Crippen LogP contribution in [0.15, 0.2) is 26.5 Å². The average molecular weight is 264 g/mol. The molecule has 0 fully saturated rings. The maximum Gasteiger partial charge on any atom is 0.343 e. The number of hydrogen-bond acceptors (Lipinski definition) is 3. The smallest absolute Gasteiger partial charge is 0.343 e. The van der Waals surface area contributed by atoms with Gasteiger partial charge in [-0.1, -0.05) is 0 Å². The minimum absolute atomic E-state index is 0.380. The van der Waals surface area contributed by atoms with Gasteiger partial charge in [0.15, 0.2) is 0 Å². The summed E-state index contributed by atoms with van der Waals surface area (Å²) in [5, 5.41) is 0. The van der Waals surface area contributed by atoms with E-state index in [0.29, 0.717) is 11.5 Å². The Bertz CT molecular complexity index is 470. The summed E-state index contributed by atoms with van der Waals surface area (Å²) in [5.41, 5.74) is 0. The molecule has 0 saturated heterocycles. The fraction of sp³-hybridized carbons (Fsp3) is 0.333. The standard InChI is InChI=1S/C12H16N4O3/c1-15(2)11(17)13-7-9-5-6-10(19-9)8-14-12(18)16(3)4/h5-8H,1-4H3/b13-7+,14-8+. The molecule has 1 aromatic rings. The van der Waals surface area contributed by atoms with Crippen molar-refractivity contribution in [1.82, 2.24) is 9.80 Å². The molecule has 1 rings (SSSR count). The third-order valence-electron chi connectivity index (χ3n) is 2.02. The molecule has 0 aliphatic rings. The lowest BCUT2D eigenvalue weighted by molar-refractivity contribution is 0.226. The molecule has 1 heterocycles. The summed E-state index contributed by atoms with van der Waals surface area (Å²) in [4.78, 5) is 32.5. The zero-order valence-electron chi connectivity index (χ0n) is 11.3. The van der Waals surface area contributed by atoms with Gasteiger partial charge in [0.2, 0.25) is 0 Å². The highest BCUT2D eigenvalue weighted by Gasteiger charge is 2.02. The Labute approximate surface area is 111 Å². The van der Waals surface area contributed by atoms with Gasteiger partial charge in [0.1, 0.15) is 11.5 Å². The lowest BCUT2D eigenvalue weighted by atomic mass is 10.4. The molecule has 19 heavy (non-hydrogen) atoms. The van der Waals surface area contributed by atoms with Crippen molar-refractivity contribution in [2.24, 2.45) is 9.98 Å². The summed E-state index contributed by atoms with van der Waals surface area (Å²) in [7, 11) is 6.42. The van der Waals surface area contributed by atoms with Crippen molar-refractivity contribution in [1.29, 1.82) is 0 Å². The molecule has 0 spiro atoms. The van der Waals surface area contributed by atoms with Gasteiger partial charge < -0.3 is 14.2 Å². The number of urea groups is 2. The van der Waals surface area contributed by atoms with Gasteiger partial charge in [0.05, 0.1) is 12.4 Å². The minimum atomic E-state index is -0.380. The van der Waals surface area contributed by atoms with Gasteiger partial charge >= 0.3 is 12.1 Å². The second-order valence-corrected chi connectivity index (χ2v) is 4.11. The highest BCUT2D eigenvalue weighted by atomic mass is 16.3. The summed E-state index contributed by atoms with van der Waals surface area (Å²) in [6, 6.07) is 2.51. The molecule has 0 saturated carbocycles. The molecule has 1 aromatic heterocycles. The van der Waals surface area contributed by atoms with Crippen molar-refractivity contribution in [3.63, 3.8) is 0 Å². The van der Waals surface area contributed by atoms with Gasteiger partial charge in [-0.15, -0.1) is 0 Å². The van der Waals surface area contributed by atoms with Crippen LogP contribution in [0.4, 0.5) is 9.59 Å². The van der Waals surface area contributed by atoms with Crippen LogP contribution in [0, 0.1) is 0 Å². The van der Waals surface area contributed by atoms with Crippen molar-refractivity contribution in [3.05, 3.63) is 23.7 Å². The van der Waals surface area contributed by atoms with E-state index in [1.54, 1.807) is 40.3 Å². The molecule has 0 aliphatic heterocycles. The second-order valence-electron chi connectivity index (χ2n) is 4.11. The van der Waals surface area contributed by atoms with E-state index in [1.165, 1.54) is 22.2 Å².